The summed E-state index contributed by atoms with van der Waals surface area (Å²) in [5.41, 5.74) is -0.0157. The number of esters is 1. The standard InChI is InChI=1S/C27H34ClN5O4/c1-26(2,3)37-22(35)16-27(25(36)32-21(9-15-34)18-4-6-19(28)7-5-18)10-13-33(14-11-27)24-20-8-12-29-23(20)30-17-31-24/h4-8,12,17,21,34H,9-11,13-16H2,1-3H3,(H,32,36)(H,29,30,31)/t21-/m1/s1. The first-order chi connectivity index (χ1) is 17.6. The number of H-pyrrole nitrogens is 1. The van der Waals surface area contributed by atoms with Gasteiger partial charge in [-0.25, -0.2) is 9.97 Å². The van der Waals surface area contributed by atoms with E-state index in [4.69, 9.17) is 16.3 Å². The average molecular weight is 528 g/mol. The normalized spacial score (nSPS) is 16.4. The average Bonchev–Trinajstić information content (AvgIpc) is 3.33. The van der Waals surface area contributed by atoms with Crippen molar-refractivity contribution in [3.8, 4) is 0 Å². The van der Waals surface area contributed by atoms with E-state index in [1.165, 1.54) is 6.33 Å². The van der Waals surface area contributed by atoms with Crippen LogP contribution in [0.2, 0.25) is 5.02 Å². The predicted octanol–water partition coefficient (Wildman–Crippen LogP) is 4.17. The lowest BCUT2D eigenvalue weighted by atomic mass is 9.74. The summed E-state index contributed by atoms with van der Waals surface area (Å²) in [5, 5.41) is 14.3. The van der Waals surface area contributed by atoms with Gasteiger partial charge in [-0.1, -0.05) is 23.7 Å². The maximum Gasteiger partial charge on any atom is 0.307 e. The minimum absolute atomic E-state index is 0.0280. The Morgan fingerprint density at radius 2 is 1.89 bits per heavy atom. The summed E-state index contributed by atoms with van der Waals surface area (Å²) in [7, 11) is 0. The Morgan fingerprint density at radius 3 is 2.54 bits per heavy atom. The van der Waals surface area contributed by atoms with Crippen molar-refractivity contribution in [2.75, 3.05) is 24.6 Å². The number of benzene rings is 1. The minimum atomic E-state index is -0.955. The van der Waals surface area contributed by atoms with Crippen LogP contribution in [0.5, 0.6) is 0 Å². The molecular weight excluding hydrogens is 494 g/mol. The highest BCUT2D eigenvalue weighted by molar-refractivity contribution is 6.30. The number of fused-ring (bicyclic) bond motifs is 1. The van der Waals surface area contributed by atoms with E-state index >= 15 is 0 Å². The summed E-state index contributed by atoms with van der Waals surface area (Å²) >= 11 is 6.04. The fourth-order valence-electron chi connectivity index (χ4n) is 4.85. The van der Waals surface area contributed by atoms with Crippen LogP contribution in [-0.2, 0) is 14.3 Å². The van der Waals surface area contributed by atoms with Crippen molar-refractivity contribution in [2.24, 2.45) is 5.41 Å². The maximum absolute atomic E-state index is 13.9. The molecule has 2 aromatic heterocycles. The number of aliphatic hydroxyl groups excluding tert-OH is 1. The number of piperidine rings is 1. The molecule has 0 aliphatic carbocycles. The summed E-state index contributed by atoms with van der Waals surface area (Å²) in [6, 6.07) is 8.71. The van der Waals surface area contributed by atoms with E-state index < -0.39 is 23.0 Å². The minimum Gasteiger partial charge on any atom is -0.460 e. The number of carbonyl (C=O) groups is 2. The van der Waals surface area contributed by atoms with Crippen LogP contribution in [0.4, 0.5) is 5.82 Å². The van der Waals surface area contributed by atoms with Crippen molar-refractivity contribution in [3.63, 3.8) is 0 Å². The third-order valence-corrected chi connectivity index (χ3v) is 6.98. The SMILES string of the molecule is CC(C)(C)OC(=O)CC1(C(=O)N[C@H](CCO)c2ccc(Cl)cc2)CCN(c2ncnc3[nH]ccc23)CC1. The molecule has 3 N–H and O–H groups in total. The molecule has 10 heteroatoms. The topological polar surface area (TPSA) is 120 Å². The van der Waals surface area contributed by atoms with Crippen LogP contribution >= 0.6 is 11.6 Å². The van der Waals surface area contributed by atoms with E-state index in [9.17, 15) is 14.7 Å². The van der Waals surface area contributed by atoms with E-state index in [0.29, 0.717) is 37.4 Å². The third kappa shape index (κ3) is 6.40. The maximum atomic E-state index is 13.9. The number of hydrogen-bond donors (Lipinski definition) is 3. The molecule has 0 radical (unpaired) electrons. The molecule has 0 unspecified atom stereocenters. The number of carbonyl (C=O) groups excluding carboxylic acids is 2. The van der Waals surface area contributed by atoms with Crippen LogP contribution in [0.25, 0.3) is 11.0 Å². The molecule has 1 aliphatic rings. The van der Waals surface area contributed by atoms with Gasteiger partial charge in [0.2, 0.25) is 5.91 Å². The number of halogens is 1. The van der Waals surface area contributed by atoms with Crippen molar-refractivity contribution in [3.05, 3.63) is 53.4 Å². The quantitative estimate of drug-likeness (QED) is 0.376. The lowest BCUT2D eigenvalue weighted by molar-refractivity contribution is -0.161. The fourth-order valence-corrected chi connectivity index (χ4v) is 4.98. The number of anilines is 1. The molecule has 1 amide bonds. The van der Waals surface area contributed by atoms with Crippen LogP contribution in [0, 0.1) is 5.41 Å². The van der Waals surface area contributed by atoms with Gasteiger partial charge in [0.15, 0.2) is 0 Å². The molecule has 4 rings (SSSR count). The summed E-state index contributed by atoms with van der Waals surface area (Å²) in [4.78, 5) is 40.8. The molecule has 37 heavy (non-hydrogen) atoms. The molecular formula is C27H34ClN5O4. The number of aliphatic hydroxyl groups is 1. The van der Waals surface area contributed by atoms with Crippen molar-refractivity contribution >= 4 is 40.3 Å². The Labute approximate surface area is 221 Å². The lowest BCUT2D eigenvalue weighted by Gasteiger charge is -2.41. The number of rotatable bonds is 8. The highest BCUT2D eigenvalue weighted by Gasteiger charge is 2.45. The van der Waals surface area contributed by atoms with Crippen molar-refractivity contribution in [1.82, 2.24) is 20.3 Å². The number of hydrogen-bond acceptors (Lipinski definition) is 7. The van der Waals surface area contributed by atoms with E-state index in [1.807, 2.05) is 45.2 Å². The zero-order valence-corrected chi connectivity index (χ0v) is 22.2. The van der Waals surface area contributed by atoms with Gasteiger partial charge in [-0.2, -0.15) is 0 Å². The fraction of sp³-hybridized carbons (Fsp3) is 0.481. The van der Waals surface area contributed by atoms with Crippen LogP contribution in [0.3, 0.4) is 0 Å². The zero-order valence-electron chi connectivity index (χ0n) is 21.5. The van der Waals surface area contributed by atoms with Crippen LogP contribution in [0.1, 0.15) is 58.1 Å². The van der Waals surface area contributed by atoms with Gasteiger partial charge < -0.3 is 25.0 Å². The van der Waals surface area contributed by atoms with E-state index in [1.54, 1.807) is 12.1 Å². The van der Waals surface area contributed by atoms with Gasteiger partial charge in [0.1, 0.15) is 23.4 Å². The predicted molar refractivity (Wildman–Crippen MR) is 142 cm³/mol. The molecule has 3 aromatic rings. The third-order valence-electron chi connectivity index (χ3n) is 6.73. The molecule has 0 saturated carbocycles. The summed E-state index contributed by atoms with van der Waals surface area (Å²) in [5.74, 6) is 0.175. The monoisotopic (exact) mass is 527 g/mol. The number of aromatic nitrogens is 3. The van der Waals surface area contributed by atoms with Crippen molar-refractivity contribution in [2.45, 2.75) is 58.1 Å². The van der Waals surface area contributed by atoms with Crippen LogP contribution < -0.4 is 10.2 Å². The summed E-state index contributed by atoms with van der Waals surface area (Å²) in [6.45, 7) is 6.43. The lowest BCUT2D eigenvalue weighted by Crippen LogP contribution is -2.51. The van der Waals surface area contributed by atoms with Gasteiger partial charge in [-0.3, -0.25) is 9.59 Å². The Bertz CT molecular complexity index is 1230. The van der Waals surface area contributed by atoms with Crippen LogP contribution in [-0.4, -0.2) is 57.2 Å². The van der Waals surface area contributed by atoms with Gasteiger partial charge in [0.05, 0.1) is 23.3 Å². The molecule has 3 heterocycles. The van der Waals surface area contributed by atoms with E-state index in [2.05, 4.69) is 25.2 Å². The first kappa shape index (κ1) is 26.9. The number of nitrogens with one attached hydrogen (secondary N) is 2. The first-order valence-corrected chi connectivity index (χ1v) is 12.9. The zero-order chi connectivity index (χ0) is 26.6. The van der Waals surface area contributed by atoms with E-state index in [0.717, 1.165) is 22.4 Å². The van der Waals surface area contributed by atoms with Gasteiger partial charge in [0.25, 0.3) is 0 Å². The Morgan fingerprint density at radius 1 is 1.19 bits per heavy atom. The number of ether oxygens (including phenoxy) is 1. The molecule has 198 valence electrons. The number of nitrogens with zero attached hydrogens (tertiary/aromatic N) is 3. The van der Waals surface area contributed by atoms with Gasteiger partial charge in [0, 0.05) is 30.9 Å². The van der Waals surface area contributed by atoms with E-state index in [-0.39, 0.29) is 18.9 Å². The second-order valence-corrected chi connectivity index (χ2v) is 11.0. The molecule has 0 bridgehead atoms. The molecule has 1 aliphatic heterocycles. The van der Waals surface area contributed by atoms with Gasteiger partial charge in [-0.15, -0.1) is 0 Å². The van der Waals surface area contributed by atoms with Crippen LogP contribution in [0.15, 0.2) is 42.9 Å². The smallest absolute Gasteiger partial charge is 0.307 e. The molecule has 9 nitrogen and oxygen atoms in total. The molecule has 0 spiro atoms. The second kappa shape index (κ2) is 11.1. The highest BCUT2D eigenvalue weighted by atomic mass is 35.5. The highest BCUT2D eigenvalue weighted by Crippen LogP contribution is 2.39. The van der Waals surface area contributed by atoms with Crippen molar-refractivity contribution < 1.29 is 19.4 Å². The largest absolute Gasteiger partial charge is 0.460 e. The van der Waals surface area contributed by atoms with Crippen molar-refractivity contribution in [1.29, 1.82) is 0 Å². The molecule has 1 aromatic carbocycles. The second-order valence-electron chi connectivity index (χ2n) is 10.6. The number of amides is 1. The Hall–Kier alpha value is -3.17. The Balaban J connectivity index is 1.57. The van der Waals surface area contributed by atoms with Gasteiger partial charge >= 0.3 is 5.97 Å². The molecule has 1 fully saturated rings. The molecule has 1 atom stereocenters. The molecule has 1 saturated heterocycles. The first-order valence-electron chi connectivity index (χ1n) is 12.5. The Kier molecular flexibility index (Phi) is 8.04. The van der Waals surface area contributed by atoms with Gasteiger partial charge in [-0.05, 0) is 63.8 Å². The summed E-state index contributed by atoms with van der Waals surface area (Å²) < 4.78 is 5.61. The number of aromatic amines is 1. The summed E-state index contributed by atoms with van der Waals surface area (Å²) in [6.07, 6.45) is 4.55.